The van der Waals surface area contributed by atoms with Crippen molar-refractivity contribution >= 4 is 23.0 Å². The van der Waals surface area contributed by atoms with Crippen LogP contribution in [0.25, 0.3) is 10.4 Å². The molecule has 0 saturated heterocycles. The van der Waals surface area contributed by atoms with E-state index >= 15 is 0 Å². The Morgan fingerprint density at radius 2 is 2.11 bits per heavy atom. The highest BCUT2D eigenvalue weighted by Gasteiger charge is 2.25. The molecule has 0 atom stereocenters. The second kappa shape index (κ2) is 5.64. The number of rotatable bonds is 2. The van der Waals surface area contributed by atoms with E-state index in [1.807, 2.05) is 0 Å². The van der Waals surface area contributed by atoms with Gasteiger partial charge in [0, 0.05) is 4.91 Å². The lowest BCUT2D eigenvalue weighted by atomic mass is 10.2. The van der Waals surface area contributed by atoms with Crippen LogP contribution in [-0.2, 0) is 0 Å². The minimum atomic E-state index is -0.666. The first-order valence-corrected chi connectivity index (χ1v) is 5.84. The Morgan fingerprint density at radius 3 is 2.74 bits per heavy atom. The van der Waals surface area contributed by atoms with Gasteiger partial charge in [0.05, 0.1) is 24.2 Å². The first-order chi connectivity index (χ1) is 9.15. The summed E-state index contributed by atoms with van der Waals surface area (Å²) in [6.45, 7) is 0.809. The third-order valence-electron chi connectivity index (χ3n) is 2.52. The van der Waals surface area contributed by atoms with Crippen molar-refractivity contribution in [1.29, 1.82) is 0 Å². The lowest BCUT2D eigenvalue weighted by Gasteiger charge is -2.18. The standard InChI is InChI=1S/C10H9ClN4O4/c11-8-6(15(16)17)5-7-10(9(8)13-14-12)19-4-2-1-3-18-7/h5H,1-4H2. The molecule has 19 heavy (non-hydrogen) atoms. The normalized spacial score (nSPS) is 13.9. The number of azide groups is 1. The van der Waals surface area contributed by atoms with Crippen LogP contribution in [0, 0.1) is 10.1 Å². The van der Waals surface area contributed by atoms with Gasteiger partial charge >= 0.3 is 0 Å². The zero-order chi connectivity index (χ0) is 13.8. The molecule has 0 radical (unpaired) electrons. The summed E-state index contributed by atoms with van der Waals surface area (Å²) in [6, 6.07) is 1.18. The van der Waals surface area contributed by atoms with Gasteiger partial charge in [-0.3, -0.25) is 10.1 Å². The van der Waals surface area contributed by atoms with E-state index in [9.17, 15) is 10.1 Å². The molecule has 1 aromatic carbocycles. The van der Waals surface area contributed by atoms with Gasteiger partial charge < -0.3 is 9.47 Å². The maximum absolute atomic E-state index is 10.9. The van der Waals surface area contributed by atoms with E-state index in [0.29, 0.717) is 13.2 Å². The number of hydrogen-bond donors (Lipinski definition) is 0. The molecule has 0 amide bonds. The van der Waals surface area contributed by atoms with Crippen molar-refractivity contribution in [2.75, 3.05) is 13.2 Å². The van der Waals surface area contributed by atoms with E-state index in [4.69, 9.17) is 26.6 Å². The smallest absolute Gasteiger partial charge is 0.292 e. The highest BCUT2D eigenvalue weighted by atomic mass is 35.5. The van der Waals surface area contributed by atoms with Crippen molar-refractivity contribution in [3.05, 3.63) is 31.6 Å². The summed E-state index contributed by atoms with van der Waals surface area (Å²) in [6.07, 6.45) is 1.54. The number of nitrogens with zero attached hydrogens (tertiary/aromatic N) is 4. The van der Waals surface area contributed by atoms with Crippen LogP contribution in [-0.4, -0.2) is 18.1 Å². The van der Waals surface area contributed by atoms with Gasteiger partial charge in [-0.25, -0.2) is 0 Å². The molecule has 0 spiro atoms. The number of nitro groups is 1. The molecule has 1 aromatic rings. The predicted molar refractivity (Wildman–Crippen MR) is 67.1 cm³/mol. The fourth-order valence-corrected chi connectivity index (χ4v) is 1.91. The van der Waals surface area contributed by atoms with Crippen molar-refractivity contribution in [1.82, 2.24) is 0 Å². The quantitative estimate of drug-likeness (QED) is 0.271. The SMILES string of the molecule is [N-]=[N+]=Nc1c(Cl)c([N+](=O)[O-])cc2c1OCCCCO2. The Hall–Kier alpha value is -2.18. The number of ether oxygens (including phenoxy) is 2. The van der Waals surface area contributed by atoms with E-state index < -0.39 is 4.92 Å². The summed E-state index contributed by atoms with van der Waals surface area (Å²) in [4.78, 5) is 12.9. The maximum atomic E-state index is 10.9. The van der Waals surface area contributed by atoms with Crippen molar-refractivity contribution in [3.8, 4) is 11.5 Å². The molecule has 0 aromatic heterocycles. The third-order valence-corrected chi connectivity index (χ3v) is 2.90. The largest absolute Gasteiger partial charge is 0.489 e. The van der Waals surface area contributed by atoms with E-state index in [0.717, 1.165) is 12.8 Å². The zero-order valence-corrected chi connectivity index (χ0v) is 10.5. The zero-order valence-electron chi connectivity index (χ0n) is 9.71. The number of halogens is 1. The van der Waals surface area contributed by atoms with Gasteiger partial charge in [0.2, 0.25) is 0 Å². The first kappa shape index (κ1) is 13.3. The van der Waals surface area contributed by atoms with Crippen LogP contribution in [0.3, 0.4) is 0 Å². The molecule has 1 heterocycles. The Balaban J connectivity index is 2.66. The number of nitro benzene ring substituents is 1. The van der Waals surface area contributed by atoms with Crippen LogP contribution in [0.2, 0.25) is 5.02 Å². The fraction of sp³-hybridized carbons (Fsp3) is 0.400. The van der Waals surface area contributed by atoms with Gasteiger partial charge in [-0.05, 0) is 18.4 Å². The lowest BCUT2D eigenvalue weighted by Crippen LogP contribution is -2.09. The topological polar surface area (TPSA) is 110 Å². The molecule has 1 aliphatic heterocycles. The van der Waals surface area contributed by atoms with Crippen LogP contribution in [0.15, 0.2) is 11.2 Å². The van der Waals surface area contributed by atoms with Gasteiger partial charge in [0.15, 0.2) is 11.5 Å². The van der Waals surface area contributed by atoms with Crippen LogP contribution >= 0.6 is 11.6 Å². The molecule has 0 unspecified atom stereocenters. The Kier molecular flexibility index (Phi) is 3.94. The minimum absolute atomic E-state index is 0.115. The van der Waals surface area contributed by atoms with E-state index in [1.54, 1.807) is 0 Å². The van der Waals surface area contributed by atoms with Crippen LogP contribution in [0.4, 0.5) is 11.4 Å². The average molecular weight is 285 g/mol. The first-order valence-electron chi connectivity index (χ1n) is 5.46. The molecular formula is C10H9ClN4O4. The molecular weight excluding hydrogens is 276 g/mol. The van der Waals surface area contributed by atoms with Crippen LogP contribution in [0.5, 0.6) is 11.5 Å². The molecule has 8 nitrogen and oxygen atoms in total. The lowest BCUT2D eigenvalue weighted by molar-refractivity contribution is -0.384. The summed E-state index contributed by atoms with van der Waals surface area (Å²) < 4.78 is 10.8. The predicted octanol–water partition coefficient (Wildman–Crippen LogP) is 3.74. The fourth-order valence-electron chi connectivity index (χ4n) is 1.66. The van der Waals surface area contributed by atoms with Crippen LogP contribution in [0.1, 0.15) is 12.8 Å². The Morgan fingerprint density at radius 1 is 1.42 bits per heavy atom. The number of hydrogen-bond acceptors (Lipinski definition) is 5. The molecule has 9 heteroatoms. The molecule has 2 rings (SSSR count). The van der Waals surface area contributed by atoms with Crippen LogP contribution < -0.4 is 9.47 Å². The van der Waals surface area contributed by atoms with E-state index in [2.05, 4.69) is 10.0 Å². The highest BCUT2D eigenvalue weighted by molar-refractivity contribution is 6.35. The summed E-state index contributed by atoms with van der Waals surface area (Å²) in [5.74, 6) is 0.311. The van der Waals surface area contributed by atoms with Crippen molar-refractivity contribution in [2.24, 2.45) is 5.11 Å². The number of fused-ring (bicyclic) bond motifs is 1. The average Bonchev–Trinajstić information content (AvgIpc) is 2.34. The van der Waals surface area contributed by atoms with E-state index in [1.165, 1.54) is 6.07 Å². The maximum Gasteiger partial charge on any atom is 0.292 e. The second-order valence-corrected chi connectivity index (χ2v) is 4.11. The van der Waals surface area contributed by atoms with Crippen molar-refractivity contribution < 1.29 is 14.4 Å². The van der Waals surface area contributed by atoms with E-state index in [-0.39, 0.29) is 27.9 Å². The molecule has 0 fully saturated rings. The van der Waals surface area contributed by atoms with Gasteiger partial charge in [-0.2, -0.15) is 0 Å². The third kappa shape index (κ3) is 2.64. The second-order valence-electron chi connectivity index (χ2n) is 3.74. The monoisotopic (exact) mass is 284 g/mol. The molecule has 0 aliphatic carbocycles. The summed E-state index contributed by atoms with van der Waals surface area (Å²) in [5.41, 5.74) is 8.04. The molecule has 0 bridgehead atoms. The van der Waals surface area contributed by atoms with Gasteiger partial charge in [0.25, 0.3) is 5.69 Å². The summed E-state index contributed by atoms with van der Waals surface area (Å²) >= 11 is 5.87. The highest BCUT2D eigenvalue weighted by Crippen LogP contribution is 2.48. The van der Waals surface area contributed by atoms with Crippen molar-refractivity contribution in [2.45, 2.75) is 12.8 Å². The molecule has 1 aliphatic rings. The molecule has 100 valence electrons. The Labute approximate surface area is 112 Å². The summed E-state index contributed by atoms with van der Waals surface area (Å²) in [7, 11) is 0. The summed E-state index contributed by atoms with van der Waals surface area (Å²) in [5, 5.41) is 14.0. The van der Waals surface area contributed by atoms with Crippen molar-refractivity contribution in [3.63, 3.8) is 0 Å². The van der Waals surface area contributed by atoms with Gasteiger partial charge in [-0.1, -0.05) is 16.7 Å². The Bertz CT molecular complexity index is 571. The van der Waals surface area contributed by atoms with Gasteiger partial charge in [0.1, 0.15) is 10.7 Å². The molecule has 0 N–H and O–H groups in total. The minimum Gasteiger partial charge on any atom is -0.489 e. The number of benzene rings is 1. The van der Waals surface area contributed by atoms with Gasteiger partial charge in [-0.15, -0.1) is 0 Å². The molecule has 0 saturated carbocycles.